The SMILES string of the molecule is CC1CCCN(c2cncc(C(=O)NC3CC3)c2)C1. The van der Waals surface area contributed by atoms with Gasteiger partial charge in [0.1, 0.15) is 0 Å². The first-order valence-corrected chi connectivity index (χ1v) is 7.23. The summed E-state index contributed by atoms with van der Waals surface area (Å²) >= 11 is 0. The summed E-state index contributed by atoms with van der Waals surface area (Å²) in [7, 11) is 0. The predicted molar refractivity (Wildman–Crippen MR) is 75.3 cm³/mol. The molecule has 1 atom stereocenters. The van der Waals surface area contributed by atoms with E-state index in [1.54, 1.807) is 6.20 Å². The van der Waals surface area contributed by atoms with Gasteiger partial charge in [-0.2, -0.15) is 0 Å². The summed E-state index contributed by atoms with van der Waals surface area (Å²) < 4.78 is 0. The van der Waals surface area contributed by atoms with Crippen molar-refractivity contribution in [2.24, 2.45) is 5.92 Å². The van der Waals surface area contributed by atoms with Crippen LogP contribution in [0.4, 0.5) is 5.69 Å². The van der Waals surface area contributed by atoms with Crippen molar-refractivity contribution in [3.63, 3.8) is 0 Å². The maximum atomic E-state index is 12.0. The number of anilines is 1. The Bertz CT molecular complexity index is 470. The number of aromatic nitrogens is 1. The molecule has 2 fully saturated rings. The van der Waals surface area contributed by atoms with Crippen molar-refractivity contribution in [3.05, 3.63) is 24.0 Å². The number of hydrogen-bond acceptors (Lipinski definition) is 3. The van der Waals surface area contributed by atoms with Crippen LogP contribution < -0.4 is 10.2 Å². The molecule has 1 aromatic rings. The normalized spacial score (nSPS) is 23.2. The van der Waals surface area contributed by atoms with Gasteiger partial charge in [-0.1, -0.05) is 6.92 Å². The van der Waals surface area contributed by atoms with E-state index in [1.807, 2.05) is 12.3 Å². The molecule has 0 spiro atoms. The monoisotopic (exact) mass is 259 g/mol. The second-order valence-corrected chi connectivity index (χ2v) is 5.87. The molecule has 2 aliphatic rings. The van der Waals surface area contributed by atoms with Gasteiger partial charge in [-0.3, -0.25) is 9.78 Å². The molecule has 4 heteroatoms. The summed E-state index contributed by atoms with van der Waals surface area (Å²) in [6.07, 6.45) is 8.27. The topological polar surface area (TPSA) is 45.2 Å². The molecule has 19 heavy (non-hydrogen) atoms. The molecule has 1 amide bonds. The van der Waals surface area contributed by atoms with Gasteiger partial charge in [-0.25, -0.2) is 0 Å². The summed E-state index contributed by atoms with van der Waals surface area (Å²) in [5.74, 6) is 0.736. The van der Waals surface area contributed by atoms with Gasteiger partial charge in [-0.15, -0.1) is 0 Å². The van der Waals surface area contributed by atoms with E-state index in [0.29, 0.717) is 11.6 Å². The minimum Gasteiger partial charge on any atom is -0.370 e. The van der Waals surface area contributed by atoms with Gasteiger partial charge in [-0.05, 0) is 37.7 Å². The Morgan fingerprint density at radius 3 is 2.95 bits per heavy atom. The predicted octanol–water partition coefficient (Wildman–Crippen LogP) is 2.21. The smallest absolute Gasteiger partial charge is 0.253 e. The number of rotatable bonds is 3. The van der Waals surface area contributed by atoms with Crippen LogP contribution in [0.5, 0.6) is 0 Å². The zero-order valence-corrected chi connectivity index (χ0v) is 11.4. The number of carbonyl (C=O) groups excluding carboxylic acids is 1. The fourth-order valence-corrected chi connectivity index (χ4v) is 2.65. The van der Waals surface area contributed by atoms with E-state index in [9.17, 15) is 4.79 Å². The number of pyridine rings is 1. The van der Waals surface area contributed by atoms with Crippen LogP contribution in [0.2, 0.25) is 0 Å². The first-order valence-electron chi connectivity index (χ1n) is 7.23. The average Bonchev–Trinajstić information content (AvgIpc) is 3.23. The van der Waals surface area contributed by atoms with Gasteiger partial charge in [0.05, 0.1) is 17.4 Å². The largest absolute Gasteiger partial charge is 0.370 e. The molecule has 1 saturated carbocycles. The molecular formula is C15H21N3O. The van der Waals surface area contributed by atoms with Crippen LogP contribution in [-0.4, -0.2) is 30.0 Å². The van der Waals surface area contributed by atoms with Crippen LogP contribution in [-0.2, 0) is 0 Å². The number of nitrogens with one attached hydrogen (secondary N) is 1. The summed E-state index contributed by atoms with van der Waals surface area (Å²) in [5.41, 5.74) is 1.76. The Balaban J connectivity index is 1.72. The third kappa shape index (κ3) is 3.06. The van der Waals surface area contributed by atoms with E-state index >= 15 is 0 Å². The highest BCUT2D eigenvalue weighted by molar-refractivity contribution is 5.95. The van der Waals surface area contributed by atoms with Gasteiger partial charge in [0.15, 0.2) is 0 Å². The van der Waals surface area contributed by atoms with E-state index in [1.165, 1.54) is 12.8 Å². The fourth-order valence-electron chi connectivity index (χ4n) is 2.65. The fraction of sp³-hybridized carbons (Fsp3) is 0.600. The standard InChI is InChI=1S/C15H21N3O/c1-11-3-2-6-18(10-11)14-7-12(8-16-9-14)15(19)17-13-4-5-13/h7-9,11,13H,2-6,10H2,1H3,(H,17,19). The highest BCUT2D eigenvalue weighted by atomic mass is 16.1. The number of hydrogen-bond donors (Lipinski definition) is 1. The summed E-state index contributed by atoms with van der Waals surface area (Å²) in [4.78, 5) is 18.6. The zero-order chi connectivity index (χ0) is 13.2. The van der Waals surface area contributed by atoms with E-state index < -0.39 is 0 Å². The first kappa shape index (κ1) is 12.5. The lowest BCUT2D eigenvalue weighted by atomic mass is 10.00. The van der Waals surface area contributed by atoms with E-state index in [4.69, 9.17) is 0 Å². The molecule has 4 nitrogen and oxygen atoms in total. The van der Waals surface area contributed by atoms with Crippen molar-refractivity contribution < 1.29 is 4.79 Å². The van der Waals surface area contributed by atoms with Crippen molar-refractivity contribution in [1.29, 1.82) is 0 Å². The second-order valence-electron chi connectivity index (χ2n) is 5.87. The molecule has 1 saturated heterocycles. The van der Waals surface area contributed by atoms with Gasteiger partial charge in [0.25, 0.3) is 5.91 Å². The average molecular weight is 259 g/mol. The lowest BCUT2D eigenvalue weighted by Crippen LogP contribution is -2.34. The lowest BCUT2D eigenvalue weighted by Gasteiger charge is -2.32. The Kier molecular flexibility index (Phi) is 3.40. The Hall–Kier alpha value is -1.58. The number of carbonyl (C=O) groups is 1. The molecule has 0 bridgehead atoms. The molecule has 1 aromatic heterocycles. The van der Waals surface area contributed by atoms with Crippen LogP contribution in [0.3, 0.4) is 0 Å². The van der Waals surface area contributed by atoms with Crippen LogP contribution in [0.25, 0.3) is 0 Å². The Morgan fingerprint density at radius 1 is 1.37 bits per heavy atom. The Morgan fingerprint density at radius 2 is 2.21 bits per heavy atom. The summed E-state index contributed by atoms with van der Waals surface area (Å²) in [6.45, 7) is 4.42. The summed E-state index contributed by atoms with van der Waals surface area (Å²) in [6, 6.07) is 2.37. The quantitative estimate of drug-likeness (QED) is 0.905. The summed E-state index contributed by atoms with van der Waals surface area (Å²) in [5, 5.41) is 3.01. The molecule has 2 heterocycles. The minimum absolute atomic E-state index is 0.0157. The van der Waals surface area contributed by atoms with Crippen LogP contribution >= 0.6 is 0 Å². The number of piperidine rings is 1. The highest BCUT2D eigenvalue weighted by Crippen LogP contribution is 2.23. The van der Waals surface area contributed by atoms with Crippen LogP contribution in [0, 0.1) is 5.92 Å². The molecule has 1 aliphatic heterocycles. The van der Waals surface area contributed by atoms with Crippen molar-refractivity contribution in [2.45, 2.75) is 38.6 Å². The van der Waals surface area contributed by atoms with Crippen molar-refractivity contribution >= 4 is 11.6 Å². The third-order valence-electron chi connectivity index (χ3n) is 3.92. The molecular weight excluding hydrogens is 238 g/mol. The van der Waals surface area contributed by atoms with E-state index in [0.717, 1.165) is 37.5 Å². The first-order chi connectivity index (χ1) is 9.22. The van der Waals surface area contributed by atoms with Gasteiger partial charge >= 0.3 is 0 Å². The van der Waals surface area contributed by atoms with E-state index in [2.05, 4.69) is 22.1 Å². The second kappa shape index (κ2) is 5.19. The van der Waals surface area contributed by atoms with Crippen molar-refractivity contribution in [3.8, 4) is 0 Å². The van der Waals surface area contributed by atoms with Crippen molar-refractivity contribution in [1.82, 2.24) is 10.3 Å². The van der Waals surface area contributed by atoms with Gasteiger partial charge in [0, 0.05) is 25.3 Å². The van der Waals surface area contributed by atoms with Crippen LogP contribution in [0.15, 0.2) is 18.5 Å². The lowest BCUT2D eigenvalue weighted by molar-refractivity contribution is 0.0950. The molecule has 1 aliphatic carbocycles. The molecule has 1 unspecified atom stereocenters. The van der Waals surface area contributed by atoms with Gasteiger partial charge in [0.2, 0.25) is 0 Å². The van der Waals surface area contributed by atoms with E-state index in [-0.39, 0.29) is 5.91 Å². The molecule has 1 N–H and O–H groups in total. The molecule has 0 aromatic carbocycles. The maximum absolute atomic E-state index is 12.0. The van der Waals surface area contributed by atoms with Crippen molar-refractivity contribution in [2.75, 3.05) is 18.0 Å². The Labute approximate surface area is 114 Å². The molecule has 102 valence electrons. The number of nitrogens with zero attached hydrogens (tertiary/aromatic N) is 2. The van der Waals surface area contributed by atoms with Gasteiger partial charge < -0.3 is 10.2 Å². The van der Waals surface area contributed by atoms with Crippen LogP contribution in [0.1, 0.15) is 43.0 Å². The highest BCUT2D eigenvalue weighted by Gasteiger charge is 2.24. The third-order valence-corrected chi connectivity index (χ3v) is 3.92. The number of amides is 1. The zero-order valence-electron chi connectivity index (χ0n) is 11.4. The molecule has 0 radical (unpaired) electrons. The molecule has 3 rings (SSSR count). The maximum Gasteiger partial charge on any atom is 0.253 e. The minimum atomic E-state index is 0.0157.